The molecule has 0 amide bonds. The second-order valence-electron chi connectivity index (χ2n) is 8.17. The van der Waals surface area contributed by atoms with Crippen molar-refractivity contribution in [3.8, 4) is 0 Å². The van der Waals surface area contributed by atoms with E-state index in [4.69, 9.17) is 9.31 Å². The average molecular weight is 418 g/mol. The Morgan fingerprint density at radius 2 is 1.61 bits per heavy atom. The van der Waals surface area contributed by atoms with E-state index in [1.165, 1.54) is 15.3 Å². The van der Waals surface area contributed by atoms with Crippen LogP contribution in [-0.2, 0) is 19.3 Å². The zero-order valence-corrected chi connectivity index (χ0v) is 18.4. The lowest BCUT2D eigenvalue weighted by molar-refractivity contribution is 0.00578. The topological polar surface area (TPSA) is 70.4 Å². The average Bonchev–Trinajstić information content (AvgIpc) is 3.17. The van der Waals surface area contributed by atoms with Gasteiger partial charge in [-0.2, -0.15) is 0 Å². The van der Waals surface area contributed by atoms with Crippen LogP contribution in [0.4, 0.5) is 0 Å². The molecule has 1 aliphatic heterocycles. The SMILES string of the molecule is Cc1ccc(S(=O)(=O)n2cc(B3OC(C)(C)C(C)(C)O3)c3sc(C)nc32)cc1. The van der Waals surface area contributed by atoms with Gasteiger partial charge in [0.05, 0.1) is 25.8 Å². The number of rotatable bonds is 3. The van der Waals surface area contributed by atoms with Gasteiger partial charge in [0.2, 0.25) is 0 Å². The summed E-state index contributed by atoms with van der Waals surface area (Å²) < 4.78 is 40.9. The Hall–Kier alpha value is -1.68. The summed E-state index contributed by atoms with van der Waals surface area (Å²) in [6.07, 6.45) is 1.59. The number of thiazole rings is 1. The Balaban J connectivity index is 1.87. The highest BCUT2D eigenvalue weighted by Gasteiger charge is 2.53. The Morgan fingerprint density at radius 1 is 1.04 bits per heavy atom. The largest absolute Gasteiger partial charge is 0.497 e. The molecule has 9 heteroatoms. The van der Waals surface area contributed by atoms with E-state index in [0.29, 0.717) is 11.1 Å². The lowest BCUT2D eigenvalue weighted by Crippen LogP contribution is -2.41. The Bertz CT molecular complexity index is 1140. The molecule has 2 aromatic heterocycles. The van der Waals surface area contributed by atoms with Gasteiger partial charge in [-0.15, -0.1) is 11.3 Å². The summed E-state index contributed by atoms with van der Waals surface area (Å²) in [6, 6.07) is 6.80. The van der Waals surface area contributed by atoms with Crippen molar-refractivity contribution in [2.24, 2.45) is 0 Å². The van der Waals surface area contributed by atoms with Crippen LogP contribution in [0.5, 0.6) is 0 Å². The van der Waals surface area contributed by atoms with E-state index in [1.807, 2.05) is 41.5 Å². The molecule has 0 aliphatic carbocycles. The van der Waals surface area contributed by atoms with Gasteiger partial charge in [-0.25, -0.2) is 17.4 Å². The minimum atomic E-state index is -3.79. The Morgan fingerprint density at radius 3 is 2.18 bits per heavy atom. The fourth-order valence-corrected chi connectivity index (χ4v) is 5.45. The van der Waals surface area contributed by atoms with Gasteiger partial charge in [0, 0.05) is 11.7 Å². The number of hydrogen-bond acceptors (Lipinski definition) is 6. The number of hydrogen-bond donors (Lipinski definition) is 0. The van der Waals surface area contributed by atoms with Gasteiger partial charge in [-0.05, 0) is 53.7 Å². The van der Waals surface area contributed by atoms with Gasteiger partial charge in [0.1, 0.15) is 0 Å². The minimum Gasteiger partial charge on any atom is -0.399 e. The van der Waals surface area contributed by atoms with Crippen LogP contribution in [0.15, 0.2) is 35.4 Å². The van der Waals surface area contributed by atoms with Crippen molar-refractivity contribution in [3.63, 3.8) is 0 Å². The molecule has 1 saturated heterocycles. The molecule has 148 valence electrons. The summed E-state index contributed by atoms with van der Waals surface area (Å²) in [5.74, 6) is 0. The van der Waals surface area contributed by atoms with Crippen molar-refractivity contribution >= 4 is 44.3 Å². The zero-order valence-electron chi connectivity index (χ0n) is 16.8. The summed E-state index contributed by atoms with van der Waals surface area (Å²) >= 11 is 1.44. The first-order valence-corrected chi connectivity index (χ1v) is 11.3. The van der Waals surface area contributed by atoms with Gasteiger partial charge in [0.25, 0.3) is 10.0 Å². The highest BCUT2D eigenvalue weighted by molar-refractivity contribution is 7.90. The molecule has 6 nitrogen and oxygen atoms in total. The summed E-state index contributed by atoms with van der Waals surface area (Å²) in [6.45, 7) is 11.7. The zero-order chi connectivity index (χ0) is 20.5. The molecule has 0 unspecified atom stereocenters. The first-order valence-electron chi connectivity index (χ1n) is 9.09. The summed E-state index contributed by atoms with van der Waals surface area (Å²) in [5.41, 5.74) is 1.07. The van der Waals surface area contributed by atoms with Crippen LogP contribution in [0.3, 0.4) is 0 Å². The van der Waals surface area contributed by atoms with Crippen molar-refractivity contribution in [1.82, 2.24) is 8.96 Å². The number of aromatic nitrogens is 2. The number of fused-ring (bicyclic) bond motifs is 1. The predicted octanol–water partition coefficient (Wildman–Crippen LogP) is 3.25. The molecule has 0 bridgehead atoms. The van der Waals surface area contributed by atoms with Crippen LogP contribution in [-0.4, -0.2) is 35.7 Å². The number of nitrogens with zero attached hydrogens (tertiary/aromatic N) is 2. The second-order valence-corrected chi connectivity index (χ2v) is 11.2. The van der Waals surface area contributed by atoms with Crippen molar-refractivity contribution in [2.45, 2.75) is 57.6 Å². The molecule has 0 N–H and O–H groups in total. The van der Waals surface area contributed by atoms with Crippen molar-refractivity contribution in [2.75, 3.05) is 0 Å². The maximum Gasteiger partial charge on any atom is 0.497 e. The van der Waals surface area contributed by atoms with Crippen LogP contribution < -0.4 is 5.46 Å². The van der Waals surface area contributed by atoms with Crippen LogP contribution >= 0.6 is 11.3 Å². The molecule has 0 saturated carbocycles. The lowest BCUT2D eigenvalue weighted by Gasteiger charge is -2.32. The van der Waals surface area contributed by atoms with Gasteiger partial charge in [0.15, 0.2) is 5.65 Å². The smallest absolute Gasteiger partial charge is 0.399 e. The van der Waals surface area contributed by atoms with Crippen molar-refractivity contribution in [3.05, 3.63) is 41.0 Å². The molecule has 4 rings (SSSR count). The summed E-state index contributed by atoms with van der Waals surface area (Å²) in [5, 5.41) is 0.788. The molecule has 1 aromatic carbocycles. The van der Waals surface area contributed by atoms with E-state index in [0.717, 1.165) is 15.3 Å². The molecule has 3 heterocycles. The van der Waals surface area contributed by atoms with Crippen LogP contribution in [0.1, 0.15) is 38.3 Å². The van der Waals surface area contributed by atoms with E-state index in [9.17, 15) is 8.42 Å². The first-order chi connectivity index (χ1) is 12.9. The maximum atomic E-state index is 13.3. The summed E-state index contributed by atoms with van der Waals surface area (Å²) in [7, 11) is -4.44. The third-order valence-corrected chi connectivity index (χ3v) is 8.20. The highest BCUT2D eigenvalue weighted by atomic mass is 32.2. The third kappa shape index (κ3) is 2.92. The van der Waals surface area contributed by atoms with Crippen LogP contribution in [0, 0.1) is 13.8 Å². The van der Waals surface area contributed by atoms with Crippen molar-refractivity contribution < 1.29 is 17.7 Å². The third-order valence-electron chi connectivity index (χ3n) is 5.53. The van der Waals surface area contributed by atoms with E-state index in [-0.39, 0.29) is 4.90 Å². The predicted molar refractivity (Wildman–Crippen MR) is 112 cm³/mol. The fourth-order valence-electron chi connectivity index (χ4n) is 3.14. The molecular weight excluding hydrogens is 395 g/mol. The van der Waals surface area contributed by atoms with Crippen molar-refractivity contribution in [1.29, 1.82) is 0 Å². The number of aryl methyl sites for hydroxylation is 2. The Labute approximate surface area is 169 Å². The quantitative estimate of drug-likeness (QED) is 0.611. The Kier molecular flexibility index (Phi) is 4.32. The van der Waals surface area contributed by atoms with Gasteiger partial charge in [-0.1, -0.05) is 17.7 Å². The van der Waals surface area contributed by atoms with Crippen LogP contribution in [0.2, 0.25) is 0 Å². The van der Waals surface area contributed by atoms with Crippen LogP contribution in [0.25, 0.3) is 10.3 Å². The molecule has 1 aliphatic rings. The van der Waals surface area contributed by atoms with E-state index >= 15 is 0 Å². The van der Waals surface area contributed by atoms with Gasteiger partial charge < -0.3 is 9.31 Å². The molecular formula is C19H23BN2O4S2. The molecule has 28 heavy (non-hydrogen) atoms. The highest BCUT2D eigenvalue weighted by Crippen LogP contribution is 2.38. The molecule has 1 fully saturated rings. The second kappa shape index (κ2) is 6.16. The van der Waals surface area contributed by atoms with Gasteiger partial charge >= 0.3 is 7.12 Å². The van der Waals surface area contributed by atoms with E-state index in [2.05, 4.69) is 4.98 Å². The fraction of sp³-hybridized carbons (Fsp3) is 0.421. The molecule has 0 radical (unpaired) electrons. The first kappa shape index (κ1) is 19.6. The monoisotopic (exact) mass is 418 g/mol. The summed E-state index contributed by atoms with van der Waals surface area (Å²) in [4.78, 5) is 4.70. The number of benzene rings is 1. The van der Waals surface area contributed by atoms with E-state index < -0.39 is 28.3 Å². The molecule has 3 aromatic rings. The molecule has 0 atom stereocenters. The van der Waals surface area contributed by atoms with Gasteiger partial charge in [-0.3, -0.25) is 0 Å². The maximum absolute atomic E-state index is 13.3. The minimum absolute atomic E-state index is 0.223. The molecule has 0 spiro atoms. The van der Waals surface area contributed by atoms with E-state index in [1.54, 1.807) is 30.5 Å². The standard InChI is InChI=1S/C19H23BN2O4S2/c1-12-7-9-14(10-8-12)28(23,24)22-11-15(16-17(22)21-13(2)27-16)20-25-18(3,4)19(5,6)26-20/h7-11H,1-6H3. The lowest BCUT2D eigenvalue weighted by atomic mass is 9.81. The normalized spacial score (nSPS) is 18.9.